The molecule has 2 nitrogen and oxygen atoms in total. The van der Waals surface area contributed by atoms with Gasteiger partial charge in [0.15, 0.2) is 0 Å². The summed E-state index contributed by atoms with van der Waals surface area (Å²) in [5, 5.41) is 9.30. The molecule has 2 rings (SSSR count). The van der Waals surface area contributed by atoms with Gasteiger partial charge in [0.2, 0.25) is 0 Å². The lowest BCUT2D eigenvalue weighted by Crippen LogP contribution is -1.98. The van der Waals surface area contributed by atoms with Crippen LogP contribution in [0.5, 0.6) is 0 Å². The number of aryl methyl sites for hydroxylation is 2. The second-order valence-corrected chi connectivity index (χ2v) is 4.64. The number of nitriles is 1. The van der Waals surface area contributed by atoms with E-state index in [4.69, 9.17) is 5.73 Å². The Kier molecular flexibility index (Phi) is 3.08. The minimum Gasteiger partial charge on any atom is -0.398 e. The van der Waals surface area contributed by atoms with E-state index in [-0.39, 0.29) is 0 Å². The third-order valence-corrected chi connectivity index (χ3v) is 3.33. The van der Waals surface area contributed by atoms with Gasteiger partial charge in [-0.05, 0) is 43.5 Å². The summed E-state index contributed by atoms with van der Waals surface area (Å²) in [5.74, 6) is 0. The number of anilines is 1. The number of nitrogens with zero attached hydrogens (tertiary/aromatic N) is 1. The van der Waals surface area contributed by atoms with Gasteiger partial charge in [0, 0.05) is 5.56 Å². The highest BCUT2D eigenvalue weighted by molar-refractivity contribution is 5.81. The molecule has 0 atom stereocenters. The Balaban J connectivity index is 2.77. The maximum Gasteiger partial charge on any atom is 0.102 e. The van der Waals surface area contributed by atoms with Crippen LogP contribution in [0.2, 0.25) is 0 Å². The maximum atomic E-state index is 9.30. The molecule has 2 aromatic rings. The Bertz CT molecular complexity index is 632. The molecule has 18 heavy (non-hydrogen) atoms. The molecule has 0 aliphatic heterocycles. The fourth-order valence-corrected chi connectivity index (χ4v) is 2.14. The van der Waals surface area contributed by atoms with Crippen molar-refractivity contribution in [2.75, 3.05) is 5.73 Å². The lowest BCUT2D eigenvalue weighted by atomic mass is 9.91. The van der Waals surface area contributed by atoms with Crippen LogP contribution in [0.15, 0.2) is 30.3 Å². The van der Waals surface area contributed by atoms with Crippen molar-refractivity contribution in [1.29, 1.82) is 5.26 Å². The van der Waals surface area contributed by atoms with Gasteiger partial charge in [-0.2, -0.15) is 5.26 Å². The van der Waals surface area contributed by atoms with Gasteiger partial charge in [-0.25, -0.2) is 0 Å². The van der Waals surface area contributed by atoms with Crippen molar-refractivity contribution in [2.24, 2.45) is 0 Å². The van der Waals surface area contributed by atoms with Crippen LogP contribution in [-0.4, -0.2) is 0 Å². The molecular weight excluding hydrogens is 220 g/mol. The van der Waals surface area contributed by atoms with Gasteiger partial charge < -0.3 is 5.73 Å². The van der Waals surface area contributed by atoms with Crippen molar-refractivity contribution >= 4 is 5.69 Å². The minimum atomic E-state index is 0.552. The van der Waals surface area contributed by atoms with E-state index in [1.165, 1.54) is 5.56 Å². The fourth-order valence-electron chi connectivity index (χ4n) is 2.14. The minimum absolute atomic E-state index is 0.552. The van der Waals surface area contributed by atoms with E-state index < -0.39 is 0 Å². The van der Waals surface area contributed by atoms with Gasteiger partial charge in [0.1, 0.15) is 6.07 Å². The van der Waals surface area contributed by atoms with E-state index in [2.05, 4.69) is 18.2 Å². The lowest BCUT2D eigenvalue weighted by Gasteiger charge is -2.13. The molecule has 2 aromatic carbocycles. The summed E-state index contributed by atoms with van der Waals surface area (Å²) in [6.45, 7) is 6.10. The average Bonchev–Trinajstić information content (AvgIpc) is 2.35. The SMILES string of the molecule is Cc1ccc(-c2c(C)c(C)cc(N)c2C#N)cc1. The van der Waals surface area contributed by atoms with Crippen LogP contribution in [0.4, 0.5) is 5.69 Å². The number of rotatable bonds is 1. The average molecular weight is 236 g/mol. The summed E-state index contributed by atoms with van der Waals surface area (Å²) >= 11 is 0. The van der Waals surface area contributed by atoms with Gasteiger partial charge in [0.05, 0.1) is 11.3 Å². The molecule has 0 aliphatic rings. The molecule has 0 aromatic heterocycles. The first-order valence-corrected chi connectivity index (χ1v) is 5.91. The molecular formula is C16H16N2. The number of benzene rings is 2. The molecule has 0 spiro atoms. The molecule has 0 saturated heterocycles. The van der Waals surface area contributed by atoms with Crippen molar-refractivity contribution in [3.8, 4) is 17.2 Å². The predicted octanol–water partition coefficient (Wildman–Crippen LogP) is 3.73. The van der Waals surface area contributed by atoms with Gasteiger partial charge in [-0.3, -0.25) is 0 Å². The lowest BCUT2D eigenvalue weighted by molar-refractivity contribution is 1.32. The van der Waals surface area contributed by atoms with Crippen LogP contribution in [0.3, 0.4) is 0 Å². The molecule has 0 saturated carbocycles. The highest BCUT2D eigenvalue weighted by Gasteiger charge is 2.13. The first-order chi connectivity index (χ1) is 8.54. The van der Waals surface area contributed by atoms with E-state index in [9.17, 15) is 5.26 Å². The highest BCUT2D eigenvalue weighted by Crippen LogP contribution is 2.33. The molecule has 0 radical (unpaired) electrons. The third-order valence-electron chi connectivity index (χ3n) is 3.33. The second-order valence-electron chi connectivity index (χ2n) is 4.64. The summed E-state index contributed by atoms with van der Waals surface area (Å²) in [4.78, 5) is 0. The summed E-state index contributed by atoms with van der Waals surface area (Å²) < 4.78 is 0. The van der Waals surface area contributed by atoms with Gasteiger partial charge in [-0.15, -0.1) is 0 Å². The van der Waals surface area contributed by atoms with Crippen LogP contribution in [-0.2, 0) is 0 Å². The molecule has 2 N–H and O–H groups in total. The van der Waals surface area contributed by atoms with E-state index in [0.29, 0.717) is 11.3 Å². The smallest absolute Gasteiger partial charge is 0.102 e. The number of hydrogen-bond donors (Lipinski definition) is 1. The monoisotopic (exact) mass is 236 g/mol. The van der Waals surface area contributed by atoms with Crippen LogP contribution in [0.25, 0.3) is 11.1 Å². The zero-order valence-electron chi connectivity index (χ0n) is 10.9. The third kappa shape index (κ3) is 1.96. The molecule has 0 fully saturated rings. The van der Waals surface area contributed by atoms with E-state index in [0.717, 1.165) is 22.3 Å². The summed E-state index contributed by atoms with van der Waals surface area (Å²) in [7, 11) is 0. The first-order valence-electron chi connectivity index (χ1n) is 5.91. The molecule has 0 aliphatic carbocycles. The van der Waals surface area contributed by atoms with Crippen LogP contribution >= 0.6 is 0 Å². The number of nitrogens with two attached hydrogens (primary N) is 1. The second kappa shape index (κ2) is 4.54. The number of nitrogen functional groups attached to an aromatic ring is 1. The Morgan fingerprint density at radius 1 is 1.06 bits per heavy atom. The predicted molar refractivity (Wildman–Crippen MR) is 75.2 cm³/mol. The maximum absolute atomic E-state index is 9.30. The summed E-state index contributed by atoms with van der Waals surface area (Å²) in [6, 6.07) is 12.3. The van der Waals surface area contributed by atoms with Gasteiger partial charge in [-0.1, -0.05) is 29.8 Å². The van der Waals surface area contributed by atoms with E-state index >= 15 is 0 Å². The van der Waals surface area contributed by atoms with Gasteiger partial charge >= 0.3 is 0 Å². The van der Waals surface area contributed by atoms with Crippen LogP contribution < -0.4 is 5.73 Å². The largest absolute Gasteiger partial charge is 0.398 e. The zero-order chi connectivity index (χ0) is 13.3. The molecule has 0 heterocycles. The topological polar surface area (TPSA) is 49.8 Å². The van der Waals surface area contributed by atoms with Crippen molar-refractivity contribution in [2.45, 2.75) is 20.8 Å². The summed E-state index contributed by atoms with van der Waals surface area (Å²) in [6.07, 6.45) is 0. The van der Waals surface area contributed by atoms with Crippen molar-refractivity contribution < 1.29 is 0 Å². The van der Waals surface area contributed by atoms with E-state index in [1.807, 2.05) is 39.0 Å². The first kappa shape index (κ1) is 12.2. The summed E-state index contributed by atoms with van der Waals surface area (Å²) in [5.41, 5.74) is 12.5. The van der Waals surface area contributed by atoms with E-state index in [1.54, 1.807) is 0 Å². The normalized spacial score (nSPS) is 10.1. The Morgan fingerprint density at radius 2 is 1.67 bits per heavy atom. The zero-order valence-corrected chi connectivity index (χ0v) is 10.9. The van der Waals surface area contributed by atoms with Crippen molar-refractivity contribution in [1.82, 2.24) is 0 Å². The quantitative estimate of drug-likeness (QED) is 0.767. The molecule has 2 heteroatoms. The molecule has 90 valence electrons. The standard InChI is InChI=1S/C16H16N2/c1-10-4-6-13(7-5-10)16-12(3)11(2)8-15(18)14(16)9-17/h4-8H,18H2,1-3H3. The van der Waals surface area contributed by atoms with Crippen molar-refractivity contribution in [3.05, 3.63) is 52.6 Å². The molecule has 0 amide bonds. The van der Waals surface area contributed by atoms with Crippen molar-refractivity contribution in [3.63, 3.8) is 0 Å². The molecule has 0 unspecified atom stereocenters. The Hall–Kier alpha value is -2.27. The van der Waals surface area contributed by atoms with Crippen LogP contribution in [0, 0.1) is 32.1 Å². The Labute approximate surface area is 108 Å². The fraction of sp³-hybridized carbons (Fsp3) is 0.188. The highest BCUT2D eigenvalue weighted by atomic mass is 14.6. The number of hydrogen-bond acceptors (Lipinski definition) is 2. The molecule has 0 bridgehead atoms. The van der Waals surface area contributed by atoms with Crippen LogP contribution in [0.1, 0.15) is 22.3 Å². The van der Waals surface area contributed by atoms with Gasteiger partial charge in [0.25, 0.3) is 0 Å². The Morgan fingerprint density at radius 3 is 2.22 bits per heavy atom.